The van der Waals surface area contributed by atoms with Crippen molar-refractivity contribution in [3.63, 3.8) is 0 Å². The maximum atomic E-state index is 11.2. The number of thioether (sulfide) groups is 1. The number of benzene rings is 2. The first kappa shape index (κ1) is 23.3. The molecule has 3 rings (SSSR count). The van der Waals surface area contributed by atoms with Crippen LogP contribution in [0.1, 0.15) is 42.8 Å². The molecule has 0 aliphatic carbocycles. The standard InChI is InChI=1S/C24H31NO5S/c1-15-7-6-8-17(24(2,3)4)21(15)30-12-11-29-20-13-16(9-10-19(20)28-5)22-25-18(14-31-22)23(26)27/h6-10,13,18,22,25H,11-12,14H2,1-5H3,(H,26,27). The lowest BCUT2D eigenvalue weighted by molar-refractivity contribution is -0.138. The van der Waals surface area contributed by atoms with E-state index in [-0.39, 0.29) is 10.8 Å². The summed E-state index contributed by atoms with van der Waals surface area (Å²) in [6.07, 6.45) is 0. The van der Waals surface area contributed by atoms with Gasteiger partial charge in [0.2, 0.25) is 0 Å². The number of carbonyl (C=O) groups is 1. The zero-order chi connectivity index (χ0) is 22.6. The molecular weight excluding hydrogens is 414 g/mol. The lowest BCUT2D eigenvalue weighted by atomic mass is 9.85. The van der Waals surface area contributed by atoms with Gasteiger partial charge in [-0.3, -0.25) is 10.1 Å². The molecule has 6 nitrogen and oxygen atoms in total. The highest BCUT2D eigenvalue weighted by atomic mass is 32.2. The van der Waals surface area contributed by atoms with Gasteiger partial charge in [0.05, 0.1) is 12.5 Å². The van der Waals surface area contributed by atoms with Crippen LogP contribution in [0.3, 0.4) is 0 Å². The molecule has 31 heavy (non-hydrogen) atoms. The van der Waals surface area contributed by atoms with Crippen molar-refractivity contribution in [3.05, 3.63) is 53.1 Å². The first-order chi connectivity index (χ1) is 14.7. The minimum Gasteiger partial charge on any atom is -0.493 e. The zero-order valence-corrected chi connectivity index (χ0v) is 19.5. The topological polar surface area (TPSA) is 77.0 Å². The maximum Gasteiger partial charge on any atom is 0.321 e. The fraction of sp³-hybridized carbons (Fsp3) is 0.458. The van der Waals surface area contributed by atoms with Crippen LogP contribution >= 0.6 is 11.8 Å². The number of para-hydroxylation sites is 1. The van der Waals surface area contributed by atoms with E-state index >= 15 is 0 Å². The molecule has 1 heterocycles. The molecule has 2 aromatic carbocycles. The van der Waals surface area contributed by atoms with E-state index in [9.17, 15) is 9.90 Å². The number of ether oxygens (including phenoxy) is 3. The smallest absolute Gasteiger partial charge is 0.321 e. The second-order valence-electron chi connectivity index (χ2n) is 8.58. The highest BCUT2D eigenvalue weighted by Crippen LogP contribution is 2.38. The van der Waals surface area contributed by atoms with Crippen LogP contribution in [-0.4, -0.2) is 43.2 Å². The zero-order valence-electron chi connectivity index (χ0n) is 18.7. The third-order valence-electron chi connectivity index (χ3n) is 5.18. The lowest BCUT2D eigenvalue weighted by Crippen LogP contribution is -2.33. The van der Waals surface area contributed by atoms with E-state index in [4.69, 9.17) is 14.2 Å². The molecule has 0 bridgehead atoms. The van der Waals surface area contributed by atoms with Crippen LogP contribution in [0.4, 0.5) is 0 Å². The van der Waals surface area contributed by atoms with Crippen LogP contribution < -0.4 is 19.5 Å². The fourth-order valence-electron chi connectivity index (χ4n) is 3.51. The first-order valence-corrected chi connectivity index (χ1v) is 11.4. The molecule has 1 aliphatic rings. The molecule has 0 radical (unpaired) electrons. The second kappa shape index (κ2) is 9.83. The van der Waals surface area contributed by atoms with Gasteiger partial charge in [-0.2, -0.15) is 0 Å². The van der Waals surface area contributed by atoms with Crippen molar-refractivity contribution in [2.75, 3.05) is 26.1 Å². The summed E-state index contributed by atoms with van der Waals surface area (Å²) >= 11 is 1.57. The van der Waals surface area contributed by atoms with Crippen LogP contribution in [0.25, 0.3) is 0 Å². The van der Waals surface area contributed by atoms with Crippen LogP contribution in [0.5, 0.6) is 17.2 Å². The predicted octanol–water partition coefficient (Wildman–Crippen LogP) is 4.55. The van der Waals surface area contributed by atoms with Gasteiger partial charge in [-0.1, -0.05) is 45.0 Å². The quantitative estimate of drug-likeness (QED) is 0.577. The summed E-state index contributed by atoms with van der Waals surface area (Å²) in [4.78, 5) is 11.2. The Morgan fingerprint density at radius 1 is 1.16 bits per heavy atom. The summed E-state index contributed by atoms with van der Waals surface area (Å²) in [7, 11) is 1.60. The SMILES string of the molecule is COc1ccc(C2NC(C(=O)O)CS2)cc1OCCOc1c(C)cccc1C(C)(C)C. The second-order valence-corrected chi connectivity index (χ2v) is 9.72. The maximum absolute atomic E-state index is 11.2. The van der Waals surface area contributed by atoms with E-state index in [1.165, 1.54) is 5.56 Å². The van der Waals surface area contributed by atoms with E-state index in [0.717, 1.165) is 16.9 Å². The van der Waals surface area contributed by atoms with Crippen LogP contribution in [0.15, 0.2) is 36.4 Å². The van der Waals surface area contributed by atoms with Crippen molar-refractivity contribution in [1.82, 2.24) is 5.32 Å². The number of carboxylic acids is 1. The Balaban J connectivity index is 1.65. The number of hydrogen-bond acceptors (Lipinski definition) is 6. The lowest BCUT2D eigenvalue weighted by Gasteiger charge is -2.24. The van der Waals surface area contributed by atoms with E-state index in [1.807, 2.05) is 18.2 Å². The number of aliphatic carboxylic acids is 1. The molecule has 2 atom stereocenters. The molecule has 1 aliphatic heterocycles. The Morgan fingerprint density at radius 3 is 2.55 bits per heavy atom. The molecule has 7 heteroatoms. The number of nitrogens with one attached hydrogen (secondary N) is 1. The fourth-order valence-corrected chi connectivity index (χ4v) is 4.73. The number of methoxy groups -OCH3 is 1. The molecule has 0 aromatic heterocycles. The first-order valence-electron chi connectivity index (χ1n) is 10.3. The summed E-state index contributed by atoms with van der Waals surface area (Å²) in [5.74, 6) is 1.86. The van der Waals surface area contributed by atoms with Crippen LogP contribution in [0.2, 0.25) is 0 Å². The summed E-state index contributed by atoms with van der Waals surface area (Å²) in [5.41, 5.74) is 3.22. The Hall–Kier alpha value is -2.38. The molecular formula is C24H31NO5S. The summed E-state index contributed by atoms with van der Waals surface area (Å²) < 4.78 is 17.5. The molecule has 168 valence electrons. The van der Waals surface area contributed by atoms with Gasteiger partial charge in [0.25, 0.3) is 0 Å². The van der Waals surface area contributed by atoms with Gasteiger partial charge in [-0.25, -0.2) is 0 Å². The van der Waals surface area contributed by atoms with Crippen molar-refractivity contribution in [3.8, 4) is 17.2 Å². The minimum atomic E-state index is -0.831. The Morgan fingerprint density at radius 2 is 1.90 bits per heavy atom. The summed E-state index contributed by atoms with van der Waals surface area (Å²) in [6, 6.07) is 11.4. The largest absolute Gasteiger partial charge is 0.493 e. The van der Waals surface area contributed by atoms with Crippen molar-refractivity contribution in [1.29, 1.82) is 0 Å². The highest BCUT2D eigenvalue weighted by Gasteiger charge is 2.30. The summed E-state index contributed by atoms with van der Waals surface area (Å²) in [6.45, 7) is 9.33. The third-order valence-corrected chi connectivity index (χ3v) is 6.45. The Kier molecular flexibility index (Phi) is 7.38. The Bertz CT molecular complexity index is 925. The summed E-state index contributed by atoms with van der Waals surface area (Å²) in [5, 5.41) is 12.2. The van der Waals surface area contributed by atoms with Crippen molar-refractivity contribution >= 4 is 17.7 Å². The van der Waals surface area contributed by atoms with Crippen LogP contribution in [0, 0.1) is 6.92 Å². The van der Waals surface area contributed by atoms with Crippen molar-refractivity contribution < 1.29 is 24.1 Å². The van der Waals surface area contributed by atoms with Gasteiger partial charge in [-0.05, 0) is 41.2 Å². The van der Waals surface area contributed by atoms with Crippen molar-refractivity contribution in [2.45, 2.75) is 44.5 Å². The van der Waals surface area contributed by atoms with E-state index in [0.29, 0.717) is 30.5 Å². The molecule has 0 saturated carbocycles. The van der Waals surface area contributed by atoms with Crippen molar-refractivity contribution in [2.24, 2.45) is 0 Å². The minimum absolute atomic E-state index is 0.0144. The van der Waals surface area contributed by atoms with E-state index in [1.54, 1.807) is 18.9 Å². The molecule has 2 N–H and O–H groups in total. The monoisotopic (exact) mass is 445 g/mol. The van der Waals surface area contributed by atoms with Gasteiger partial charge in [0, 0.05) is 5.75 Å². The molecule has 0 spiro atoms. The predicted molar refractivity (Wildman–Crippen MR) is 124 cm³/mol. The number of hydrogen-bond donors (Lipinski definition) is 2. The highest BCUT2D eigenvalue weighted by molar-refractivity contribution is 7.99. The number of rotatable bonds is 8. The van der Waals surface area contributed by atoms with Gasteiger partial charge < -0.3 is 19.3 Å². The average Bonchev–Trinajstić information content (AvgIpc) is 3.22. The number of aryl methyl sites for hydroxylation is 1. The third kappa shape index (κ3) is 5.66. The molecule has 2 aromatic rings. The molecule has 0 amide bonds. The molecule has 1 fully saturated rings. The van der Waals surface area contributed by atoms with Crippen LogP contribution in [-0.2, 0) is 10.2 Å². The van der Waals surface area contributed by atoms with Gasteiger partial charge >= 0.3 is 5.97 Å². The Labute approximate surface area is 188 Å². The van der Waals surface area contributed by atoms with E-state index < -0.39 is 12.0 Å². The van der Waals surface area contributed by atoms with Gasteiger partial charge in [0.1, 0.15) is 25.0 Å². The van der Waals surface area contributed by atoms with Gasteiger partial charge in [-0.15, -0.1) is 11.8 Å². The molecule has 1 saturated heterocycles. The average molecular weight is 446 g/mol. The number of carboxylic acid groups (broad SMARTS) is 1. The molecule has 2 unspecified atom stereocenters. The van der Waals surface area contributed by atoms with E-state index in [2.05, 4.69) is 51.2 Å². The van der Waals surface area contributed by atoms with Gasteiger partial charge in [0.15, 0.2) is 11.5 Å². The normalized spacial score (nSPS) is 18.6.